The molecule has 3 rings (SSSR count). The van der Waals surface area contributed by atoms with E-state index in [0.29, 0.717) is 16.5 Å². The van der Waals surface area contributed by atoms with Gasteiger partial charge in [0.1, 0.15) is 6.04 Å². The van der Waals surface area contributed by atoms with Crippen molar-refractivity contribution < 1.29 is 9.59 Å². The number of amides is 2. The van der Waals surface area contributed by atoms with Crippen molar-refractivity contribution in [2.24, 2.45) is 5.92 Å². The number of para-hydroxylation sites is 2. The van der Waals surface area contributed by atoms with Gasteiger partial charge in [-0.3, -0.25) is 14.9 Å². The van der Waals surface area contributed by atoms with Crippen LogP contribution in [0.25, 0.3) is 11.0 Å². The highest BCUT2D eigenvalue weighted by molar-refractivity contribution is 6.30. The number of carbonyl (C=O) groups excluding carboxylic acids is 2. The number of nitrogens with zero attached hydrogens (tertiary/aromatic N) is 1. The fraction of sp³-hybridized carbons (Fsp3) is 0.250. The van der Waals surface area contributed by atoms with E-state index in [1.807, 2.05) is 38.1 Å². The van der Waals surface area contributed by atoms with Crippen molar-refractivity contribution in [2.45, 2.75) is 26.3 Å². The predicted molar refractivity (Wildman–Crippen MR) is 107 cm³/mol. The molecule has 0 saturated heterocycles. The normalized spacial score (nSPS) is 13.1. The van der Waals surface area contributed by atoms with Crippen molar-refractivity contribution in [2.75, 3.05) is 5.32 Å². The zero-order valence-corrected chi connectivity index (χ0v) is 15.9. The minimum atomic E-state index is -0.689. The maximum atomic E-state index is 12.8. The maximum absolute atomic E-state index is 12.8. The van der Waals surface area contributed by atoms with E-state index < -0.39 is 6.04 Å². The molecule has 0 aliphatic rings. The number of benzene rings is 2. The first-order valence-electron chi connectivity index (χ1n) is 8.80. The molecule has 0 radical (unpaired) electrons. The van der Waals surface area contributed by atoms with E-state index in [2.05, 4.69) is 20.6 Å². The van der Waals surface area contributed by atoms with Gasteiger partial charge in [0.25, 0.3) is 5.91 Å². The molecule has 2 atom stereocenters. The van der Waals surface area contributed by atoms with Gasteiger partial charge in [-0.25, -0.2) is 4.98 Å². The Morgan fingerprint density at radius 2 is 1.85 bits per heavy atom. The predicted octanol–water partition coefficient (Wildman–Crippen LogP) is 4.00. The number of rotatable bonds is 6. The van der Waals surface area contributed by atoms with Crippen LogP contribution in [-0.2, 0) is 4.79 Å². The summed E-state index contributed by atoms with van der Waals surface area (Å²) in [6.45, 7) is 3.89. The van der Waals surface area contributed by atoms with Crippen molar-refractivity contribution in [3.05, 3.63) is 59.1 Å². The summed E-state index contributed by atoms with van der Waals surface area (Å²) in [6, 6.07) is 13.4. The van der Waals surface area contributed by atoms with Crippen molar-refractivity contribution in [3.8, 4) is 0 Å². The molecule has 2 aromatic carbocycles. The van der Waals surface area contributed by atoms with Crippen LogP contribution < -0.4 is 10.6 Å². The molecule has 6 nitrogen and oxygen atoms in total. The van der Waals surface area contributed by atoms with E-state index >= 15 is 0 Å². The number of carbonyl (C=O) groups is 2. The van der Waals surface area contributed by atoms with Gasteiger partial charge in [-0.1, -0.05) is 44.0 Å². The van der Waals surface area contributed by atoms with Crippen LogP contribution >= 0.6 is 11.6 Å². The quantitative estimate of drug-likeness (QED) is 0.600. The van der Waals surface area contributed by atoms with Gasteiger partial charge in [-0.2, -0.15) is 0 Å². The van der Waals surface area contributed by atoms with E-state index in [1.54, 1.807) is 24.3 Å². The fourth-order valence-corrected chi connectivity index (χ4v) is 2.86. The Balaban J connectivity index is 1.75. The largest absolute Gasteiger partial charge is 0.340 e. The lowest BCUT2D eigenvalue weighted by atomic mass is 9.98. The molecule has 0 bridgehead atoms. The standard InChI is InChI=1S/C20H21ClN4O2/c1-3-12(2)17(24-18(26)13-8-10-14(21)11-9-13)19(27)25-20-22-15-6-4-5-7-16(15)23-20/h4-12,17H,3H2,1-2H3,(H,24,26)(H2,22,23,25,27)/t12-,17-/m1/s1. The van der Waals surface area contributed by atoms with Gasteiger partial charge in [0.2, 0.25) is 11.9 Å². The Morgan fingerprint density at radius 1 is 1.15 bits per heavy atom. The third-order valence-electron chi connectivity index (χ3n) is 4.52. The second-order valence-corrected chi connectivity index (χ2v) is 6.87. The topological polar surface area (TPSA) is 86.9 Å². The van der Waals surface area contributed by atoms with Crippen LogP contribution in [0, 0.1) is 5.92 Å². The molecule has 3 aromatic rings. The van der Waals surface area contributed by atoms with E-state index in [4.69, 9.17) is 11.6 Å². The van der Waals surface area contributed by atoms with Crippen LogP contribution in [-0.4, -0.2) is 27.8 Å². The zero-order chi connectivity index (χ0) is 19.4. The number of fused-ring (bicyclic) bond motifs is 1. The summed E-state index contributed by atoms with van der Waals surface area (Å²) in [5.74, 6) is -0.330. The first-order valence-corrected chi connectivity index (χ1v) is 9.17. The van der Waals surface area contributed by atoms with Crippen molar-refractivity contribution in [1.82, 2.24) is 15.3 Å². The number of halogens is 1. The number of aromatic amines is 1. The molecule has 140 valence electrons. The molecular formula is C20H21ClN4O2. The Labute approximate surface area is 162 Å². The summed E-state index contributed by atoms with van der Waals surface area (Å²) in [7, 11) is 0. The van der Waals surface area contributed by atoms with Crippen molar-refractivity contribution in [1.29, 1.82) is 0 Å². The summed E-state index contributed by atoms with van der Waals surface area (Å²) in [5.41, 5.74) is 2.04. The summed E-state index contributed by atoms with van der Waals surface area (Å²) in [6.07, 6.45) is 0.735. The molecule has 0 fully saturated rings. The van der Waals surface area contributed by atoms with E-state index in [-0.39, 0.29) is 17.7 Å². The van der Waals surface area contributed by atoms with Gasteiger partial charge < -0.3 is 10.3 Å². The van der Waals surface area contributed by atoms with Crippen molar-refractivity contribution >= 4 is 40.4 Å². The molecule has 0 aliphatic heterocycles. The van der Waals surface area contributed by atoms with Crippen LogP contribution in [0.2, 0.25) is 5.02 Å². The summed E-state index contributed by atoms with van der Waals surface area (Å²) < 4.78 is 0. The highest BCUT2D eigenvalue weighted by Crippen LogP contribution is 2.16. The third-order valence-corrected chi connectivity index (χ3v) is 4.77. The van der Waals surface area contributed by atoms with Gasteiger partial charge in [-0.15, -0.1) is 0 Å². The minimum absolute atomic E-state index is 0.0503. The van der Waals surface area contributed by atoms with E-state index in [1.165, 1.54) is 0 Å². The molecule has 1 heterocycles. The lowest BCUT2D eigenvalue weighted by Gasteiger charge is -2.23. The van der Waals surface area contributed by atoms with Gasteiger partial charge >= 0.3 is 0 Å². The second kappa shape index (κ2) is 8.22. The Morgan fingerprint density at radius 3 is 2.52 bits per heavy atom. The number of hydrogen-bond donors (Lipinski definition) is 3. The molecule has 27 heavy (non-hydrogen) atoms. The summed E-state index contributed by atoms with van der Waals surface area (Å²) in [4.78, 5) is 32.7. The number of imidazole rings is 1. The van der Waals surface area contributed by atoms with Crippen LogP contribution in [0.4, 0.5) is 5.95 Å². The maximum Gasteiger partial charge on any atom is 0.251 e. The molecule has 7 heteroatoms. The van der Waals surface area contributed by atoms with Gasteiger partial charge in [0, 0.05) is 10.6 Å². The molecule has 0 aliphatic carbocycles. The first-order chi connectivity index (χ1) is 13.0. The molecule has 3 N–H and O–H groups in total. The molecule has 0 unspecified atom stereocenters. The monoisotopic (exact) mass is 384 g/mol. The van der Waals surface area contributed by atoms with Crippen LogP contribution in [0.1, 0.15) is 30.6 Å². The Bertz CT molecular complexity index is 919. The number of H-pyrrole nitrogens is 1. The van der Waals surface area contributed by atoms with Crippen LogP contribution in [0.15, 0.2) is 48.5 Å². The molecule has 0 saturated carbocycles. The fourth-order valence-electron chi connectivity index (χ4n) is 2.73. The molecule has 2 amide bonds. The summed E-state index contributed by atoms with van der Waals surface area (Å²) in [5, 5.41) is 6.14. The third kappa shape index (κ3) is 4.46. The number of aromatic nitrogens is 2. The highest BCUT2D eigenvalue weighted by atomic mass is 35.5. The zero-order valence-electron chi connectivity index (χ0n) is 15.1. The van der Waals surface area contributed by atoms with Crippen LogP contribution in [0.5, 0.6) is 0 Å². The number of nitrogens with one attached hydrogen (secondary N) is 3. The average Bonchev–Trinajstić information content (AvgIpc) is 3.07. The summed E-state index contributed by atoms with van der Waals surface area (Å²) >= 11 is 5.86. The van der Waals surface area contributed by atoms with E-state index in [0.717, 1.165) is 17.5 Å². The number of anilines is 1. The van der Waals surface area contributed by atoms with Gasteiger partial charge in [-0.05, 0) is 42.3 Å². The average molecular weight is 385 g/mol. The molecule has 0 spiro atoms. The smallest absolute Gasteiger partial charge is 0.251 e. The van der Waals surface area contributed by atoms with Crippen LogP contribution in [0.3, 0.4) is 0 Å². The van der Waals surface area contributed by atoms with Crippen molar-refractivity contribution in [3.63, 3.8) is 0 Å². The lowest BCUT2D eigenvalue weighted by Crippen LogP contribution is -2.47. The number of hydrogen-bond acceptors (Lipinski definition) is 3. The molecular weight excluding hydrogens is 364 g/mol. The Hall–Kier alpha value is -2.86. The Kier molecular flexibility index (Phi) is 5.76. The van der Waals surface area contributed by atoms with E-state index in [9.17, 15) is 9.59 Å². The SMILES string of the molecule is CC[C@@H](C)[C@@H](NC(=O)c1ccc(Cl)cc1)C(=O)Nc1nc2ccccc2[nH]1. The first kappa shape index (κ1) is 18.9. The second-order valence-electron chi connectivity index (χ2n) is 6.44. The molecule has 1 aromatic heterocycles. The minimum Gasteiger partial charge on any atom is -0.340 e. The highest BCUT2D eigenvalue weighted by Gasteiger charge is 2.27. The lowest BCUT2D eigenvalue weighted by molar-refractivity contribution is -0.119. The van der Waals surface area contributed by atoms with Gasteiger partial charge in [0.05, 0.1) is 11.0 Å². The van der Waals surface area contributed by atoms with Gasteiger partial charge in [0.15, 0.2) is 0 Å².